The SMILES string of the molecule is Cc1ccc(C(=O)Nc2cc(C(C)(C)C)on2)cc1Nc1nc[n+](Cc2ccc(C(=O)Nc3cc(C(C)(C)C)on3)cc2Nc2nc[n+](-c3cc(C(=O)Nc4cc(C(C)(C)C)on4)cc(Nc4ncnc5cnc(N6CCN7CCCC7C6)nc45)c3C)c3cnc(N4CCC(N5CCCCC5)CC4)nc23)c2cnc(N3CCN(C4CCN(C)CC4)CC3)nc12. The average molecular weight is 1680 g/mol. The summed E-state index contributed by atoms with van der Waals surface area (Å²) in [7, 11) is 2.20. The zero-order valence-corrected chi connectivity index (χ0v) is 72.8. The lowest BCUT2D eigenvalue weighted by Crippen LogP contribution is -2.53. The van der Waals surface area contributed by atoms with E-state index in [-0.39, 0.29) is 45.9 Å². The molecule has 6 N–H and O–H groups in total. The molecule has 1 atom stereocenters. The molecule has 124 heavy (non-hydrogen) atoms. The summed E-state index contributed by atoms with van der Waals surface area (Å²) >= 11 is 0. The van der Waals surface area contributed by atoms with Crippen molar-refractivity contribution in [3.05, 3.63) is 155 Å². The Morgan fingerprint density at radius 3 is 1.55 bits per heavy atom. The summed E-state index contributed by atoms with van der Waals surface area (Å²) in [5, 5.41) is 32.7. The molecule has 34 heteroatoms. The van der Waals surface area contributed by atoms with E-state index in [2.05, 4.69) is 93.7 Å². The van der Waals surface area contributed by atoms with Gasteiger partial charge in [-0.1, -0.05) is 96.3 Å². The summed E-state index contributed by atoms with van der Waals surface area (Å²) in [4.78, 5) is 113. The summed E-state index contributed by atoms with van der Waals surface area (Å²) in [6.07, 6.45) is 20.5. The Balaban J connectivity index is 0.747. The smallest absolute Gasteiger partial charge is 0.294 e. The van der Waals surface area contributed by atoms with Crippen molar-refractivity contribution in [3.8, 4) is 5.69 Å². The first-order chi connectivity index (χ1) is 59.7. The highest BCUT2D eigenvalue weighted by molar-refractivity contribution is 6.07. The van der Waals surface area contributed by atoms with E-state index in [1.165, 1.54) is 32.0 Å². The van der Waals surface area contributed by atoms with E-state index in [0.717, 1.165) is 129 Å². The molecule has 0 spiro atoms. The van der Waals surface area contributed by atoms with E-state index in [4.69, 9.17) is 58.4 Å². The molecule has 15 heterocycles. The van der Waals surface area contributed by atoms with Crippen molar-refractivity contribution in [1.82, 2.24) is 84.9 Å². The van der Waals surface area contributed by atoms with Crippen molar-refractivity contribution in [1.29, 1.82) is 0 Å². The van der Waals surface area contributed by atoms with Gasteiger partial charge in [0, 0.05) is 156 Å². The Hall–Kier alpha value is -12.4. The Labute approximate surface area is 719 Å². The third-order valence-electron chi connectivity index (χ3n) is 25.2. The summed E-state index contributed by atoms with van der Waals surface area (Å²) < 4.78 is 21.1. The largest absolute Gasteiger partial charge is 0.359 e. The number of piperazine rings is 2. The zero-order valence-electron chi connectivity index (χ0n) is 72.8. The number of amides is 3. The fourth-order valence-electron chi connectivity index (χ4n) is 17.7. The van der Waals surface area contributed by atoms with Crippen LogP contribution in [-0.4, -0.2) is 219 Å². The maximum atomic E-state index is 15.1. The lowest BCUT2D eigenvalue weighted by molar-refractivity contribution is -0.665. The lowest BCUT2D eigenvalue weighted by Gasteiger charge is -2.42. The van der Waals surface area contributed by atoms with Gasteiger partial charge >= 0.3 is 0 Å². The minimum Gasteiger partial charge on any atom is -0.359 e. The maximum absolute atomic E-state index is 15.1. The van der Waals surface area contributed by atoms with E-state index in [1.54, 1.807) is 67.4 Å². The van der Waals surface area contributed by atoms with Gasteiger partial charge in [0.2, 0.25) is 17.8 Å². The minimum absolute atomic E-state index is 0.164. The van der Waals surface area contributed by atoms with Crippen LogP contribution in [0.2, 0.25) is 0 Å². The second-order valence-corrected chi connectivity index (χ2v) is 37.1. The molecule has 0 radical (unpaired) electrons. The van der Waals surface area contributed by atoms with Gasteiger partial charge in [0.15, 0.2) is 45.3 Å². The molecule has 3 aromatic carbocycles. The molecule has 18 rings (SSSR count). The predicted molar refractivity (Wildman–Crippen MR) is 474 cm³/mol. The van der Waals surface area contributed by atoms with Crippen molar-refractivity contribution >= 4 is 121 Å². The van der Waals surface area contributed by atoms with Crippen LogP contribution < -0.4 is 55.7 Å². The number of carbonyl (C=O) groups excluding carboxylic acids is 3. The number of aromatic nitrogens is 15. The molecule has 0 saturated carbocycles. The van der Waals surface area contributed by atoms with Crippen molar-refractivity contribution in [2.75, 3.05) is 145 Å². The first-order valence-electron chi connectivity index (χ1n) is 43.5. The molecule has 9 aromatic heterocycles. The van der Waals surface area contributed by atoms with Crippen LogP contribution in [0.4, 0.5) is 69.8 Å². The molecule has 6 saturated heterocycles. The van der Waals surface area contributed by atoms with E-state index in [0.29, 0.717) is 155 Å². The number of nitrogens with one attached hydrogen (secondary N) is 6. The summed E-state index contributed by atoms with van der Waals surface area (Å²) in [6, 6.07) is 21.2. The molecule has 3 amide bonds. The van der Waals surface area contributed by atoms with Crippen LogP contribution in [-0.2, 0) is 22.8 Å². The van der Waals surface area contributed by atoms with Gasteiger partial charge in [0.05, 0.1) is 18.6 Å². The van der Waals surface area contributed by atoms with Crippen LogP contribution in [0.25, 0.3) is 38.8 Å². The number of hydrogen-bond donors (Lipinski definition) is 6. The molecule has 6 aliphatic rings. The van der Waals surface area contributed by atoms with Crippen molar-refractivity contribution in [3.63, 3.8) is 0 Å². The normalized spacial score (nSPS) is 17.7. The maximum Gasteiger partial charge on any atom is 0.294 e. The van der Waals surface area contributed by atoms with E-state index in [9.17, 15) is 9.59 Å². The van der Waals surface area contributed by atoms with Gasteiger partial charge in [-0.2, -0.15) is 4.57 Å². The molecule has 0 aliphatic carbocycles. The average Bonchev–Trinajstić information content (AvgIpc) is 0.855. The summed E-state index contributed by atoms with van der Waals surface area (Å²) in [6.45, 7) is 34.9. The van der Waals surface area contributed by atoms with Gasteiger partial charge in [-0.05, 0) is 157 Å². The first-order valence-corrected chi connectivity index (χ1v) is 43.5. The summed E-state index contributed by atoms with van der Waals surface area (Å²) in [5.41, 5.74) is 7.53. The molecule has 1 unspecified atom stereocenters. The number of hydrogen-bond acceptors (Lipinski definition) is 29. The number of carbonyl (C=O) groups is 3. The molecule has 0 bridgehead atoms. The Morgan fingerprint density at radius 2 is 0.927 bits per heavy atom. The standard InChI is InChI=1S/C90H108N28O6/c1-54-18-19-56(82(119)101-73-43-70(122-107-73)88(3,4)5)39-63(54)98-80-77-68(47-92-86(105-77)115-36-33-113(34-37-115)60-22-29-110(12)30-23-60)117(52-96-80)49-58-21-20-57(83(120)102-74-44-71(123-108-74)89(6,7)8)40-65(58)100-81-78-69(48-93-85(106-78)114-31-24-61(25-32-114)111-26-14-13-15-27-111)118(53-97-81)67-42-59(84(121)103-75-45-72(124-109-75)90(9,10)11)41-64(55(67)2)99-79-76-66(94-51-95-79)46-91-87(104-76)116-38-35-112-28-16-17-62(112)50-116/h18-21,39-48,51-53,60-62H,13-17,22-38,49-50H2,1-12H3,(H4,94,95,99,101,102,103,107,108,109,119,120,121)/p+2. The van der Waals surface area contributed by atoms with Crippen LogP contribution in [0, 0.1) is 13.8 Å². The molecular weight excluding hydrogens is 1570 g/mol. The van der Waals surface area contributed by atoms with Crippen LogP contribution in [0.3, 0.4) is 0 Å². The molecule has 6 fully saturated rings. The van der Waals surface area contributed by atoms with Crippen LogP contribution >= 0.6 is 0 Å². The van der Waals surface area contributed by atoms with E-state index < -0.39 is 11.8 Å². The highest BCUT2D eigenvalue weighted by atomic mass is 16.5. The molecular formula is C90H110N28O6+2. The second-order valence-electron chi connectivity index (χ2n) is 37.1. The van der Waals surface area contributed by atoms with E-state index in [1.807, 2.05) is 116 Å². The van der Waals surface area contributed by atoms with Crippen LogP contribution in [0.1, 0.15) is 185 Å². The number of aryl methyl sites for hydroxylation is 1. The fraction of sp³-hybridized carbons (Fsp3) is 0.467. The van der Waals surface area contributed by atoms with Crippen LogP contribution in [0.15, 0.2) is 118 Å². The van der Waals surface area contributed by atoms with Gasteiger partial charge < -0.3 is 70.0 Å². The number of fused-ring (bicyclic) bond motifs is 4. The Kier molecular flexibility index (Phi) is 22.7. The number of nitrogens with zero attached hydrogens (tertiary/aromatic N) is 22. The van der Waals surface area contributed by atoms with Gasteiger partial charge in [-0.15, -0.1) is 0 Å². The quantitative estimate of drug-likeness (QED) is 0.0386. The zero-order chi connectivity index (χ0) is 85.9. The molecule has 12 aromatic rings. The first kappa shape index (κ1) is 82.5. The minimum atomic E-state index is -0.463. The number of benzene rings is 3. The monoisotopic (exact) mass is 1680 g/mol. The number of rotatable bonds is 20. The van der Waals surface area contributed by atoms with Crippen LogP contribution in [0.5, 0.6) is 0 Å². The number of likely N-dealkylation sites (tertiary alicyclic amines) is 2. The van der Waals surface area contributed by atoms with Gasteiger partial charge in [0.1, 0.15) is 46.9 Å². The third kappa shape index (κ3) is 17.7. The van der Waals surface area contributed by atoms with Crippen molar-refractivity contribution in [2.24, 2.45) is 0 Å². The Morgan fingerprint density at radius 1 is 0.444 bits per heavy atom. The molecule has 644 valence electrons. The third-order valence-corrected chi connectivity index (χ3v) is 25.2. The van der Waals surface area contributed by atoms with Gasteiger partial charge in [0.25, 0.3) is 42.0 Å². The topological polar surface area (TPSA) is 361 Å². The van der Waals surface area contributed by atoms with Gasteiger partial charge in [-0.3, -0.25) is 24.2 Å². The van der Waals surface area contributed by atoms with Crippen molar-refractivity contribution in [2.45, 2.75) is 175 Å². The second kappa shape index (κ2) is 34.0. The Bertz CT molecular complexity index is 6000. The van der Waals surface area contributed by atoms with Crippen molar-refractivity contribution < 1.29 is 37.1 Å². The highest BCUT2D eigenvalue weighted by Gasteiger charge is 2.36. The predicted octanol–water partition coefficient (Wildman–Crippen LogP) is 12.1. The fourth-order valence-corrected chi connectivity index (χ4v) is 17.7. The van der Waals surface area contributed by atoms with Gasteiger partial charge in [-0.25, -0.2) is 44.4 Å². The molecule has 34 nitrogen and oxygen atoms in total. The van der Waals surface area contributed by atoms with E-state index >= 15 is 4.79 Å². The molecule has 6 aliphatic heterocycles. The lowest BCUT2D eigenvalue weighted by atomic mass is 9.93. The highest BCUT2D eigenvalue weighted by Crippen LogP contribution is 2.37. The summed E-state index contributed by atoms with van der Waals surface area (Å²) in [5.74, 6) is 4.26. The number of anilines is 12. The number of piperidine rings is 3.